The summed E-state index contributed by atoms with van der Waals surface area (Å²) in [6.07, 6.45) is 0. The lowest BCUT2D eigenvalue weighted by atomic mass is 10.2. The molecule has 0 aromatic heterocycles. The summed E-state index contributed by atoms with van der Waals surface area (Å²) in [7, 11) is 0. The van der Waals surface area contributed by atoms with Gasteiger partial charge < -0.3 is 17.2 Å². The van der Waals surface area contributed by atoms with Gasteiger partial charge in [0.15, 0.2) is 5.96 Å². The quantitative estimate of drug-likeness (QED) is 0.480. The van der Waals surface area contributed by atoms with E-state index in [1.165, 1.54) is 0 Å². The number of carbonyl (C=O) groups is 1. The van der Waals surface area contributed by atoms with Crippen LogP contribution in [0.15, 0.2) is 29.3 Å². The highest BCUT2D eigenvalue weighted by atomic mass is 35.5. The van der Waals surface area contributed by atoms with Gasteiger partial charge in [0.05, 0.1) is 5.69 Å². The largest absolute Gasteiger partial charge is 0.370 e. The van der Waals surface area contributed by atoms with Crippen LogP contribution in [0.5, 0.6) is 0 Å². The first-order valence-corrected chi connectivity index (χ1v) is 3.59. The second-order valence-electron chi connectivity index (χ2n) is 2.45. The van der Waals surface area contributed by atoms with Crippen molar-refractivity contribution in [2.45, 2.75) is 0 Å². The number of hydrogen-bond donors (Lipinski definition) is 3. The van der Waals surface area contributed by atoms with Crippen molar-refractivity contribution in [1.82, 2.24) is 0 Å². The van der Waals surface area contributed by atoms with Gasteiger partial charge in [-0.05, 0) is 24.3 Å². The molecule has 6 N–H and O–H groups in total. The number of amides is 1. The molecule has 0 aliphatic heterocycles. The fraction of sp³-hybridized carbons (Fsp3) is 0. The number of nitrogens with zero attached hydrogens (tertiary/aromatic N) is 1. The van der Waals surface area contributed by atoms with E-state index in [1.807, 2.05) is 0 Å². The number of hydrogen-bond acceptors (Lipinski definition) is 2. The Labute approximate surface area is 87.4 Å². The molecule has 1 aromatic carbocycles. The predicted molar refractivity (Wildman–Crippen MR) is 57.7 cm³/mol. The van der Waals surface area contributed by atoms with Crippen LogP contribution in [0.4, 0.5) is 5.69 Å². The minimum Gasteiger partial charge on any atom is -0.370 e. The standard InChI is InChI=1S/C8H10N4O.ClH/c9-7(13)5-1-3-6(4-2-5)12-8(10)11;/h1-4H,(H2,9,13)(H4,10,11,12);1H. The molecule has 0 aliphatic rings. The summed E-state index contributed by atoms with van der Waals surface area (Å²) in [5, 5.41) is 0. The molecular formula is C8H11ClN4O. The van der Waals surface area contributed by atoms with E-state index in [0.717, 1.165) is 0 Å². The molecule has 0 atom stereocenters. The molecule has 14 heavy (non-hydrogen) atoms. The number of carbonyl (C=O) groups excluding carboxylic acids is 1. The van der Waals surface area contributed by atoms with Gasteiger partial charge >= 0.3 is 0 Å². The van der Waals surface area contributed by atoms with E-state index < -0.39 is 5.91 Å². The number of halogens is 1. The molecule has 1 amide bonds. The number of benzene rings is 1. The molecule has 0 aliphatic carbocycles. The second-order valence-corrected chi connectivity index (χ2v) is 2.45. The Bertz CT molecular complexity index is 343. The first-order valence-electron chi connectivity index (χ1n) is 3.59. The lowest BCUT2D eigenvalue weighted by molar-refractivity contribution is 0.100. The van der Waals surface area contributed by atoms with Crippen molar-refractivity contribution in [2.75, 3.05) is 0 Å². The van der Waals surface area contributed by atoms with E-state index >= 15 is 0 Å². The molecule has 0 fully saturated rings. The third-order valence-corrected chi connectivity index (χ3v) is 1.41. The average molecular weight is 215 g/mol. The Morgan fingerprint density at radius 2 is 1.57 bits per heavy atom. The summed E-state index contributed by atoms with van der Waals surface area (Å²) in [5.74, 6) is -0.497. The van der Waals surface area contributed by atoms with Crippen LogP contribution in [0.2, 0.25) is 0 Å². The highest BCUT2D eigenvalue weighted by Crippen LogP contribution is 2.11. The monoisotopic (exact) mass is 214 g/mol. The third kappa shape index (κ3) is 3.32. The lowest BCUT2D eigenvalue weighted by Crippen LogP contribution is -2.21. The van der Waals surface area contributed by atoms with Gasteiger partial charge in [0.25, 0.3) is 0 Å². The highest BCUT2D eigenvalue weighted by Gasteiger charge is 1.98. The maximum atomic E-state index is 10.7. The highest BCUT2D eigenvalue weighted by molar-refractivity contribution is 5.93. The lowest BCUT2D eigenvalue weighted by Gasteiger charge is -1.96. The van der Waals surface area contributed by atoms with Gasteiger partial charge in [-0.1, -0.05) is 0 Å². The van der Waals surface area contributed by atoms with E-state index in [1.54, 1.807) is 24.3 Å². The maximum Gasteiger partial charge on any atom is 0.248 e. The predicted octanol–water partition coefficient (Wildman–Crippen LogP) is 0.112. The van der Waals surface area contributed by atoms with E-state index in [4.69, 9.17) is 17.2 Å². The zero-order valence-electron chi connectivity index (χ0n) is 7.31. The minimum atomic E-state index is -0.476. The van der Waals surface area contributed by atoms with E-state index in [9.17, 15) is 4.79 Å². The molecule has 6 heteroatoms. The van der Waals surface area contributed by atoms with Crippen molar-refractivity contribution in [3.05, 3.63) is 29.8 Å². The van der Waals surface area contributed by atoms with E-state index in [-0.39, 0.29) is 18.4 Å². The average Bonchev–Trinajstić information content (AvgIpc) is 2.04. The number of nitrogens with two attached hydrogens (primary N) is 3. The molecule has 76 valence electrons. The molecule has 0 saturated heterocycles. The number of guanidine groups is 1. The van der Waals surface area contributed by atoms with Gasteiger partial charge in [0.1, 0.15) is 0 Å². The molecule has 5 nitrogen and oxygen atoms in total. The summed E-state index contributed by atoms with van der Waals surface area (Å²) in [4.78, 5) is 14.5. The molecule has 0 spiro atoms. The Balaban J connectivity index is 0.00000169. The van der Waals surface area contributed by atoms with E-state index in [0.29, 0.717) is 11.3 Å². The van der Waals surface area contributed by atoms with Crippen molar-refractivity contribution >= 4 is 30.0 Å². The third-order valence-electron chi connectivity index (χ3n) is 1.41. The van der Waals surface area contributed by atoms with Gasteiger partial charge in [-0.2, -0.15) is 0 Å². The fourth-order valence-corrected chi connectivity index (χ4v) is 0.849. The van der Waals surface area contributed by atoms with Crippen LogP contribution in [-0.4, -0.2) is 11.9 Å². The zero-order chi connectivity index (χ0) is 9.84. The van der Waals surface area contributed by atoms with Crippen molar-refractivity contribution in [2.24, 2.45) is 22.2 Å². The van der Waals surface area contributed by atoms with Crippen LogP contribution in [0.1, 0.15) is 10.4 Å². The van der Waals surface area contributed by atoms with Crippen molar-refractivity contribution in [3.63, 3.8) is 0 Å². The van der Waals surface area contributed by atoms with Crippen LogP contribution in [0.25, 0.3) is 0 Å². The summed E-state index contributed by atoms with van der Waals surface area (Å²) < 4.78 is 0. The van der Waals surface area contributed by atoms with Gasteiger partial charge in [-0.25, -0.2) is 4.99 Å². The number of aliphatic imine (C=N–C) groups is 1. The van der Waals surface area contributed by atoms with Gasteiger partial charge in [-0.3, -0.25) is 4.79 Å². The van der Waals surface area contributed by atoms with Crippen LogP contribution in [-0.2, 0) is 0 Å². The van der Waals surface area contributed by atoms with Crippen LogP contribution >= 0.6 is 12.4 Å². The minimum absolute atomic E-state index is 0. The van der Waals surface area contributed by atoms with Gasteiger partial charge in [0.2, 0.25) is 5.91 Å². The van der Waals surface area contributed by atoms with Crippen LogP contribution in [0, 0.1) is 0 Å². The molecule has 0 saturated carbocycles. The van der Waals surface area contributed by atoms with Gasteiger partial charge in [-0.15, -0.1) is 12.4 Å². The maximum absolute atomic E-state index is 10.7. The Kier molecular flexibility index (Phi) is 4.45. The SMILES string of the molecule is Cl.NC(=O)c1ccc(N=C(N)N)cc1. The van der Waals surface area contributed by atoms with Crippen LogP contribution in [0.3, 0.4) is 0 Å². The summed E-state index contributed by atoms with van der Waals surface area (Å²) in [5.41, 5.74) is 16.4. The number of rotatable bonds is 2. The molecule has 1 aromatic rings. The Morgan fingerprint density at radius 3 is 1.93 bits per heavy atom. The van der Waals surface area contributed by atoms with Crippen molar-refractivity contribution in [1.29, 1.82) is 0 Å². The molecule has 0 radical (unpaired) electrons. The van der Waals surface area contributed by atoms with E-state index in [2.05, 4.69) is 4.99 Å². The zero-order valence-corrected chi connectivity index (χ0v) is 8.12. The normalized spacial score (nSPS) is 8.57. The second kappa shape index (κ2) is 5.08. The topological polar surface area (TPSA) is 107 Å². The number of primary amides is 1. The molecular weight excluding hydrogens is 204 g/mol. The summed E-state index contributed by atoms with van der Waals surface area (Å²) in [6, 6.07) is 6.34. The van der Waals surface area contributed by atoms with Crippen LogP contribution < -0.4 is 17.2 Å². The molecule has 1 rings (SSSR count). The van der Waals surface area contributed by atoms with Crippen molar-refractivity contribution < 1.29 is 4.79 Å². The first kappa shape index (κ1) is 12.2. The molecule has 0 heterocycles. The fourth-order valence-electron chi connectivity index (χ4n) is 0.849. The molecule has 0 unspecified atom stereocenters. The van der Waals surface area contributed by atoms with Crippen molar-refractivity contribution in [3.8, 4) is 0 Å². The van der Waals surface area contributed by atoms with Gasteiger partial charge in [0, 0.05) is 5.56 Å². The Morgan fingerprint density at radius 1 is 1.07 bits per heavy atom. The Hall–Kier alpha value is -1.75. The molecule has 0 bridgehead atoms. The summed E-state index contributed by atoms with van der Waals surface area (Å²) in [6.45, 7) is 0. The summed E-state index contributed by atoms with van der Waals surface area (Å²) >= 11 is 0. The smallest absolute Gasteiger partial charge is 0.248 e. The first-order chi connectivity index (χ1) is 6.09.